The van der Waals surface area contributed by atoms with Gasteiger partial charge in [0.2, 0.25) is 0 Å². The van der Waals surface area contributed by atoms with Gasteiger partial charge in [-0.3, -0.25) is 4.90 Å². The van der Waals surface area contributed by atoms with E-state index in [0.29, 0.717) is 5.78 Å². The van der Waals surface area contributed by atoms with Crippen LogP contribution in [-0.2, 0) is 6.54 Å². The van der Waals surface area contributed by atoms with Gasteiger partial charge in [-0.2, -0.15) is 14.6 Å². The first-order valence-electron chi connectivity index (χ1n) is 8.40. The molecule has 24 heavy (non-hydrogen) atoms. The maximum absolute atomic E-state index is 4.42. The molecule has 1 fully saturated rings. The van der Waals surface area contributed by atoms with Crippen molar-refractivity contribution in [3.05, 3.63) is 53.5 Å². The summed E-state index contributed by atoms with van der Waals surface area (Å²) in [7, 11) is 0. The van der Waals surface area contributed by atoms with E-state index in [2.05, 4.69) is 62.1 Å². The molecule has 124 valence electrons. The fourth-order valence-corrected chi connectivity index (χ4v) is 3.30. The number of hydrogen-bond donors (Lipinski definition) is 0. The Morgan fingerprint density at radius 1 is 1.04 bits per heavy atom. The number of nitrogens with zero attached hydrogens (tertiary/aromatic N) is 6. The van der Waals surface area contributed by atoms with Crippen LogP contribution in [0.2, 0.25) is 0 Å². The summed E-state index contributed by atoms with van der Waals surface area (Å²) in [6, 6.07) is 10.7. The molecule has 0 amide bonds. The van der Waals surface area contributed by atoms with Crippen LogP contribution in [0.5, 0.6) is 0 Å². The summed E-state index contributed by atoms with van der Waals surface area (Å²) < 4.78 is 1.84. The highest BCUT2D eigenvalue weighted by Crippen LogP contribution is 2.19. The molecule has 6 nitrogen and oxygen atoms in total. The highest BCUT2D eigenvalue weighted by atomic mass is 15.4. The van der Waals surface area contributed by atoms with E-state index in [9.17, 15) is 0 Å². The Labute approximate surface area is 141 Å². The monoisotopic (exact) mass is 322 g/mol. The minimum absolute atomic E-state index is 0.673. The molecule has 0 radical (unpaired) electrons. The fraction of sp³-hybridized carbons (Fsp3) is 0.389. The van der Waals surface area contributed by atoms with E-state index in [-0.39, 0.29) is 0 Å². The lowest BCUT2D eigenvalue weighted by molar-refractivity contribution is 0.248. The smallest absolute Gasteiger partial charge is 0.254 e. The van der Waals surface area contributed by atoms with E-state index in [0.717, 1.165) is 44.2 Å². The molecule has 3 heterocycles. The molecule has 0 aliphatic carbocycles. The van der Waals surface area contributed by atoms with Gasteiger partial charge in [-0.25, -0.2) is 4.98 Å². The van der Waals surface area contributed by atoms with E-state index in [1.807, 2.05) is 11.4 Å². The van der Waals surface area contributed by atoms with Crippen molar-refractivity contribution >= 4 is 11.6 Å². The lowest BCUT2D eigenvalue weighted by atomic mass is 10.1. The SMILES string of the molecule is Cc1cc(N2CCN(Cc3ccccc3C)CC2)n2ncnc2n1. The molecule has 0 atom stereocenters. The zero-order valence-electron chi connectivity index (χ0n) is 14.2. The van der Waals surface area contributed by atoms with E-state index < -0.39 is 0 Å². The predicted octanol–water partition coefficient (Wildman–Crippen LogP) is 2.06. The maximum Gasteiger partial charge on any atom is 0.254 e. The normalized spacial score (nSPS) is 16.0. The average molecular weight is 322 g/mol. The van der Waals surface area contributed by atoms with Gasteiger partial charge < -0.3 is 4.90 Å². The molecule has 0 saturated carbocycles. The second kappa shape index (κ2) is 6.20. The first kappa shape index (κ1) is 15.1. The maximum atomic E-state index is 4.42. The van der Waals surface area contributed by atoms with Crippen LogP contribution < -0.4 is 4.90 Å². The number of anilines is 1. The number of aryl methyl sites for hydroxylation is 2. The minimum atomic E-state index is 0.673. The minimum Gasteiger partial charge on any atom is -0.354 e. The van der Waals surface area contributed by atoms with Crippen molar-refractivity contribution in [3.8, 4) is 0 Å². The van der Waals surface area contributed by atoms with E-state index in [1.54, 1.807) is 6.33 Å². The summed E-state index contributed by atoms with van der Waals surface area (Å²) >= 11 is 0. The Bertz CT molecular complexity index is 848. The summed E-state index contributed by atoms with van der Waals surface area (Å²) in [4.78, 5) is 13.5. The van der Waals surface area contributed by atoms with Gasteiger partial charge in [0.1, 0.15) is 12.1 Å². The Morgan fingerprint density at radius 2 is 1.83 bits per heavy atom. The standard InChI is InChI=1S/C18H22N6/c1-14-5-3-4-6-16(14)12-22-7-9-23(10-8-22)17-11-15(2)21-18-19-13-20-24(17)18/h3-6,11,13H,7-10,12H2,1-2H3. The summed E-state index contributed by atoms with van der Waals surface area (Å²) in [6.07, 6.45) is 1.57. The van der Waals surface area contributed by atoms with Gasteiger partial charge in [0.25, 0.3) is 5.78 Å². The van der Waals surface area contributed by atoms with Gasteiger partial charge >= 0.3 is 0 Å². The van der Waals surface area contributed by atoms with Crippen LogP contribution in [0.3, 0.4) is 0 Å². The quantitative estimate of drug-likeness (QED) is 0.739. The second-order valence-corrected chi connectivity index (χ2v) is 6.42. The Balaban J connectivity index is 1.48. The molecule has 3 aromatic rings. The fourth-order valence-electron chi connectivity index (χ4n) is 3.30. The summed E-state index contributed by atoms with van der Waals surface area (Å²) in [6.45, 7) is 9.29. The lowest BCUT2D eigenvalue weighted by Gasteiger charge is -2.36. The zero-order valence-corrected chi connectivity index (χ0v) is 14.2. The van der Waals surface area contributed by atoms with Gasteiger partial charge in [0, 0.05) is 44.5 Å². The first-order valence-corrected chi connectivity index (χ1v) is 8.40. The number of rotatable bonds is 3. The number of aromatic nitrogens is 4. The highest BCUT2D eigenvalue weighted by molar-refractivity contribution is 5.47. The third-order valence-electron chi connectivity index (χ3n) is 4.71. The van der Waals surface area contributed by atoms with Crippen LogP contribution in [0.25, 0.3) is 5.78 Å². The van der Waals surface area contributed by atoms with Gasteiger partial charge in [-0.05, 0) is 25.0 Å². The number of hydrogen-bond acceptors (Lipinski definition) is 5. The van der Waals surface area contributed by atoms with Crippen molar-refractivity contribution in [1.29, 1.82) is 0 Å². The van der Waals surface area contributed by atoms with Crippen LogP contribution in [0.1, 0.15) is 16.8 Å². The molecule has 2 aromatic heterocycles. The van der Waals surface area contributed by atoms with Crippen molar-refractivity contribution in [2.24, 2.45) is 0 Å². The molecule has 6 heteroatoms. The van der Waals surface area contributed by atoms with Crippen molar-refractivity contribution in [2.75, 3.05) is 31.1 Å². The second-order valence-electron chi connectivity index (χ2n) is 6.42. The summed E-state index contributed by atoms with van der Waals surface area (Å²) in [5.41, 5.74) is 3.77. The van der Waals surface area contributed by atoms with Gasteiger partial charge in [-0.1, -0.05) is 24.3 Å². The molecule has 1 aliphatic heterocycles. The van der Waals surface area contributed by atoms with E-state index >= 15 is 0 Å². The average Bonchev–Trinajstić information content (AvgIpc) is 3.05. The first-order chi connectivity index (χ1) is 11.7. The van der Waals surface area contributed by atoms with Gasteiger partial charge in [-0.15, -0.1) is 0 Å². The molecule has 1 aromatic carbocycles. The zero-order chi connectivity index (χ0) is 16.5. The van der Waals surface area contributed by atoms with Crippen molar-refractivity contribution in [1.82, 2.24) is 24.5 Å². The lowest BCUT2D eigenvalue weighted by Crippen LogP contribution is -2.46. The van der Waals surface area contributed by atoms with Crippen LogP contribution in [0.4, 0.5) is 5.82 Å². The molecule has 0 unspecified atom stereocenters. The largest absolute Gasteiger partial charge is 0.354 e. The molecule has 1 aliphatic rings. The third-order valence-corrected chi connectivity index (χ3v) is 4.71. The highest BCUT2D eigenvalue weighted by Gasteiger charge is 2.20. The molecule has 0 spiro atoms. The predicted molar refractivity (Wildman–Crippen MR) is 94.2 cm³/mol. The van der Waals surface area contributed by atoms with Gasteiger partial charge in [0.05, 0.1) is 0 Å². The number of benzene rings is 1. The third kappa shape index (κ3) is 2.85. The van der Waals surface area contributed by atoms with Crippen LogP contribution in [-0.4, -0.2) is 50.7 Å². The van der Waals surface area contributed by atoms with Crippen molar-refractivity contribution in [3.63, 3.8) is 0 Å². The van der Waals surface area contributed by atoms with Crippen molar-refractivity contribution in [2.45, 2.75) is 20.4 Å². The van der Waals surface area contributed by atoms with E-state index in [1.165, 1.54) is 11.1 Å². The Morgan fingerprint density at radius 3 is 2.62 bits per heavy atom. The van der Waals surface area contributed by atoms with Crippen LogP contribution >= 0.6 is 0 Å². The van der Waals surface area contributed by atoms with Crippen LogP contribution in [0, 0.1) is 13.8 Å². The molecule has 0 N–H and O–H groups in total. The Hall–Kier alpha value is -2.47. The molecular weight excluding hydrogens is 300 g/mol. The van der Waals surface area contributed by atoms with Gasteiger partial charge in [0.15, 0.2) is 0 Å². The molecular formula is C18H22N6. The Kier molecular flexibility index (Phi) is 3.90. The number of piperazine rings is 1. The van der Waals surface area contributed by atoms with E-state index in [4.69, 9.17) is 0 Å². The summed E-state index contributed by atoms with van der Waals surface area (Å²) in [5.74, 6) is 1.76. The number of fused-ring (bicyclic) bond motifs is 1. The van der Waals surface area contributed by atoms with Crippen LogP contribution in [0.15, 0.2) is 36.7 Å². The van der Waals surface area contributed by atoms with Crippen molar-refractivity contribution < 1.29 is 0 Å². The molecule has 0 bridgehead atoms. The summed E-state index contributed by atoms with van der Waals surface area (Å²) in [5, 5.41) is 4.32. The molecule has 1 saturated heterocycles. The topological polar surface area (TPSA) is 49.6 Å². The molecule has 4 rings (SSSR count).